The van der Waals surface area contributed by atoms with Crippen molar-refractivity contribution >= 4 is 17.9 Å². The monoisotopic (exact) mass is 299 g/mol. The number of nitrogens with zero attached hydrogens (tertiary/aromatic N) is 1. The van der Waals surface area contributed by atoms with Gasteiger partial charge in [-0.3, -0.25) is 14.6 Å². The molecule has 0 saturated heterocycles. The fourth-order valence-electron chi connectivity index (χ4n) is 2.05. The zero-order valence-corrected chi connectivity index (χ0v) is 12.4. The molecular weight excluding hydrogens is 282 g/mol. The number of hydrogen-bond acceptors (Lipinski definition) is 5. The minimum atomic E-state index is -0.370. The second-order valence-corrected chi connectivity index (χ2v) is 4.77. The van der Waals surface area contributed by atoms with Crippen molar-refractivity contribution in [3.8, 4) is 5.75 Å². The van der Waals surface area contributed by atoms with Crippen molar-refractivity contribution in [1.82, 2.24) is 10.3 Å². The Morgan fingerprint density at radius 2 is 2.18 bits per heavy atom. The molecule has 0 aliphatic carbocycles. The van der Waals surface area contributed by atoms with Gasteiger partial charge in [-0.1, -0.05) is 12.1 Å². The molecule has 0 unspecified atom stereocenters. The van der Waals surface area contributed by atoms with Crippen LogP contribution in [0, 0.1) is 6.92 Å². The van der Waals surface area contributed by atoms with Crippen molar-refractivity contribution in [2.24, 2.45) is 0 Å². The molecule has 6 heteroatoms. The summed E-state index contributed by atoms with van der Waals surface area (Å²) in [5.74, 6) is 0.335. The number of pyridine rings is 1. The van der Waals surface area contributed by atoms with Crippen LogP contribution in [0.3, 0.4) is 0 Å². The molecule has 0 radical (unpaired) electrons. The van der Waals surface area contributed by atoms with Gasteiger partial charge in [0.05, 0.1) is 18.4 Å². The first-order valence-corrected chi connectivity index (χ1v) is 6.68. The van der Waals surface area contributed by atoms with Crippen LogP contribution in [0.25, 0.3) is 0 Å². The van der Waals surface area contributed by atoms with Crippen LogP contribution < -0.4 is 15.8 Å². The van der Waals surface area contributed by atoms with Crippen molar-refractivity contribution < 1.29 is 14.3 Å². The van der Waals surface area contributed by atoms with E-state index in [2.05, 4.69) is 10.3 Å². The number of aromatic nitrogens is 1. The van der Waals surface area contributed by atoms with E-state index in [1.807, 2.05) is 25.1 Å². The van der Waals surface area contributed by atoms with Crippen molar-refractivity contribution in [3.05, 3.63) is 52.8 Å². The van der Waals surface area contributed by atoms with Crippen molar-refractivity contribution in [2.75, 3.05) is 12.8 Å². The van der Waals surface area contributed by atoms with Gasteiger partial charge < -0.3 is 15.8 Å². The van der Waals surface area contributed by atoms with Crippen LogP contribution in [0.1, 0.15) is 32.0 Å². The summed E-state index contributed by atoms with van der Waals surface area (Å²) in [4.78, 5) is 26.8. The third-order valence-corrected chi connectivity index (χ3v) is 3.26. The van der Waals surface area contributed by atoms with E-state index in [9.17, 15) is 9.59 Å². The number of anilines is 1. The SMILES string of the molecule is COc1cc(C)ccc1CNC(=O)c1ccnc(C=O)c1N. The van der Waals surface area contributed by atoms with Crippen LogP contribution in [-0.2, 0) is 6.54 Å². The quantitative estimate of drug-likeness (QED) is 0.820. The van der Waals surface area contributed by atoms with Crippen LogP contribution in [0.4, 0.5) is 5.69 Å². The highest BCUT2D eigenvalue weighted by atomic mass is 16.5. The lowest BCUT2D eigenvalue weighted by Gasteiger charge is -2.11. The molecule has 2 rings (SSSR count). The summed E-state index contributed by atoms with van der Waals surface area (Å²) in [6.45, 7) is 2.25. The Morgan fingerprint density at radius 3 is 2.86 bits per heavy atom. The van der Waals surface area contributed by atoms with Crippen LogP contribution in [0.2, 0.25) is 0 Å². The summed E-state index contributed by atoms with van der Waals surface area (Å²) in [5.41, 5.74) is 8.04. The normalized spacial score (nSPS) is 10.1. The smallest absolute Gasteiger partial charge is 0.253 e. The zero-order valence-electron chi connectivity index (χ0n) is 12.4. The number of amides is 1. The molecule has 0 atom stereocenters. The third kappa shape index (κ3) is 3.22. The molecule has 3 N–H and O–H groups in total. The first kappa shape index (κ1) is 15.5. The van der Waals surface area contributed by atoms with E-state index in [1.165, 1.54) is 12.3 Å². The van der Waals surface area contributed by atoms with Gasteiger partial charge in [0.15, 0.2) is 6.29 Å². The van der Waals surface area contributed by atoms with Gasteiger partial charge in [-0.05, 0) is 24.6 Å². The van der Waals surface area contributed by atoms with E-state index in [0.29, 0.717) is 18.6 Å². The number of ether oxygens (including phenoxy) is 1. The van der Waals surface area contributed by atoms with Gasteiger partial charge in [0.1, 0.15) is 11.4 Å². The summed E-state index contributed by atoms with van der Waals surface area (Å²) in [6.07, 6.45) is 1.90. The Labute approximate surface area is 128 Å². The molecule has 0 spiro atoms. The topological polar surface area (TPSA) is 94.3 Å². The highest BCUT2D eigenvalue weighted by Crippen LogP contribution is 2.20. The van der Waals surface area contributed by atoms with Gasteiger partial charge in [0.2, 0.25) is 0 Å². The van der Waals surface area contributed by atoms with E-state index >= 15 is 0 Å². The molecule has 1 heterocycles. The zero-order chi connectivity index (χ0) is 16.1. The summed E-state index contributed by atoms with van der Waals surface area (Å²) in [6, 6.07) is 7.20. The van der Waals surface area contributed by atoms with E-state index < -0.39 is 0 Å². The molecule has 0 fully saturated rings. The number of carbonyl (C=O) groups is 2. The van der Waals surface area contributed by atoms with Gasteiger partial charge in [0, 0.05) is 18.3 Å². The van der Waals surface area contributed by atoms with E-state index in [1.54, 1.807) is 7.11 Å². The van der Waals surface area contributed by atoms with Gasteiger partial charge in [-0.15, -0.1) is 0 Å². The van der Waals surface area contributed by atoms with Crippen LogP contribution in [0.15, 0.2) is 30.5 Å². The van der Waals surface area contributed by atoms with Crippen molar-refractivity contribution in [1.29, 1.82) is 0 Å². The van der Waals surface area contributed by atoms with Crippen molar-refractivity contribution in [3.63, 3.8) is 0 Å². The summed E-state index contributed by atoms with van der Waals surface area (Å²) in [7, 11) is 1.58. The molecule has 22 heavy (non-hydrogen) atoms. The summed E-state index contributed by atoms with van der Waals surface area (Å²) >= 11 is 0. The number of nitrogens with one attached hydrogen (secondary N) is 1. The fraction of sp³-hybridized carbons (Fsp3) is 0.188. The van der Waals surface area contributed by atoms with Crippen LogP contribution in [0.5, 0.6) is 5.75 Å². The number of benzene rings is 1. The maximum absolute atomic E-state index is 12.2. The Morgan fingerprint density at radius 1 is 1.41 bits per heavy atom. The Kier molecular flexibility index (Phi) is 4.73. The third-order valence-electron chi connectivity index (χ3n) is 3.26. The first-order valence-electron chi connectivity index (χ1n) is 6.68. The first-order chi connectivity index (χ1) is 10.6. The minimum absolute atomic E-state index is 0.0561. The van der Waals surface area contributed by atoms with Gasteiger partial charge in [-0.2, -0.15) is 0 Å². The maximum Gasteiger partial charge on any atom is 0.253 e. The number of carbonyl (C=O) groups excluding carboxylic acids is 2. The number of hydrogen-bond donors (Lipinski definition) is 2. The average molecular weight is 299 g/mol. The molecule has 0 aliphatic heterocycles. The lowest BCUT2D eigenvalue weighted by molar-refractivity contribution is 0.0951. The molecule has 0 saturated carbocycles. The van der Waals surface area contributed by atoms with Crippen molar-refractivity contribution in [2.45, 2.75) is 13.5 Å². The summed E-state index contributed by atoms with van der Waals surface area (Å²) < 4.78 is 5.29. The van der Waals surface area contributed by atoms with E-state index in [0.717, 1.165) is 11.1 Å². The number of rotatable bonds is 5. The molecule has 1 aromatic heterocycles. The van der Waals surface area contributed by atoms with E-state index in [-0.39, 0.29) is 22.9 Å². The predicted molar refractivity (Wildman–Crippen MR) is 82.9 cm³/mol. The molecule has 114 valence electrons. The lowest BCUT2D eigenvalue weighted by Crippen LogP contribution is -2.24. The maximum atomic E-state index is 12.2. The van der Waals surface area contributed by atoms with Gasteiger partial charge >= 0.3 is 0 Å². The molecule has 1 amide bonds. The van der Waals surface area contributed by atoms with Gasteiger partial charge in [0.25, 0.3) is 5.91 Å². The molecule has 6 nitrogen and oxygen atoms in total. The van der Waals surface area contributed by atoms with Crippen LogP contribution >= 0.6 is 0 Å². The largest absolute Gasteiger partial charge is 0.496 e. The second kappa shape index (κ2) is 6.71. The lowest BCUT2D eigenvalue weighted by atomic mass is 10.1. The number of aryl methyl sites for hydroxylation is 1. The Hall–Kier alpha value is -2.89. The standard InChI is InChI=1S/C16H17N3O3/c1-10-3-4-11(14(7-10)22-2)8-19-16(21)12-5-6-18-13(9-20)15(12)17/h3-7,9H,8,17H2,1-2H3,(H,19,21). The highest BCUT2D eigenvalue weighted by molar-refractivity contribution is 6.01. The fourth-order valence-corrected chi connectivity index (χ4v) is 2.05. The molecular formula is C16H17N3O3. The van der Waals surface area contributed by atoms with Gasteiger partial charge in [-0.25, -0.2) is 0 Å². The second-order valence-electron chi connectivity index (χ2n) is 4.77. The highest BCUT2D eigenvalue weighted by Gasteiger charge is 2.13. The number of nitrogens with two attached hydrogens (primary N) is 1. The molecule has 1 aromatic carbocycles. The molecule has 0 aliphatic rings. The Balaban J connectivity index is 2.15. The van der Waals surface area contributed by atoms with Crippen LogP contribution in [-0.4, -0.2) is 24.3 Å². The van der Waals surface area contributed by atoms with E-state index in [4.69, 9.17) is 10.5 Å². The number of nitrogen functional groups attached to an aromatic ring is 1. The number of aldehydes is 1. The molecule has 0 bridgehead atoms. The average Bonchev–Trinajstić information content (AvgIpc) is 2.53. The molecule has 2 aromatic rings. The minimum Gasteiger partial charge on any atom is -0.496 e. The number of methoxy groups -OCH3 is 1. The Bertz CT molecular complexity index is 714. The predicted octanol–water partition coefficient (Wildman–Crippen LogP) is 1.72. The summed E-state index contributed by atoms with van der Waals surface area (Å²) in [5, 5.41) is 2.76.